The monoisotopic (exact) mass is 497 g/mol. The summed E-state index contributed by atoms with van der Waals surface area (Å²) in [6.07, 6.45) is -1.01. The van der Waals surface area contributed by atoms with E-state index in [1.165, 1.54) is 12.3 Å². The number of carbonyl (C=O) groups is 1. The number of hydrogen-bond donors (Lipinski definition) is 1. The summed E-state index contributed by atoms with van der Waals surface area (Å²) < 4.78 is 68.0. The Balaban J connectivity index is 1.70. The van der Waals surface area contributed by atoms with Gasteiger partial charge < -0.3 is 4.18 Å². The fourth-order valence-electron chi connectivity index (χ4n) is 2.59. The molecule has 172 valence electrons. The van der Waals surface area contributed by atoms with Crippen molar-refractivity contribution in [2.24, 2.45) is 5.10 Å². The fourth-order valence-corrected chi connectivity index (χ4v) is 3.74. The molecule has 0 bridgehead atoms. The number of benzene rings is 2. The Morgan fingerprint density at radius 2 is 1.88 bits per heavy atom. The Labute approximate surface area is 192 Å². The van der Waals surface area contributed by atoms with Gasteiger partial charge in [0.25, 0.3) is 0 Å². The highest BCUT2D eigenvalue weighted by Gasteiger charge is 2.31. The zero-order valence-electron chi connectivity index (χ0n) is 16.6. The standard InChI is InChI=1S/C21H15ClF3N3O4S/c22-17-3-1-2-14(10-17)11-20(29)28-27-12-15-8-9-26-13-19(15)32-33(30,31)18-6-4-16(5-7-18)21(23,24)25/h1-10,12-13H,11H2,(H,28,29)/b27-12+. The molecule has 0 aliphatic rings. The van der Waals surface area contributed by atoms with E-state index in [1.807, 2.05) is 0 Å². The molecule has 2 aromatic carbocycles. The van der Waals surface area contributed by atoms with Crippen LogP contribution in [0.2, 0.25) is 5.02 Å². The first kappa shape index (κ1) is 24.2. The molecule has 33 heavy (non-hydrogen) atoms. The van der Waals surface area contributed by atoms with E-state index < -0.39 is 32.7 Å². The predicted octanol–water partition coefficient (Wildman–Crippen LogP) is 4.21. The minimum atomic E-state index is -4.60. The Morgan fingerprint density at radius 3 is 2.55 bits per heavy atom. The van der Waals surface area contributed by atoms with Crippen molar-refractivity contribution in [1.82, 2.24) is 10.4 Å². The molecule has 0 atom stereocenters. The van der Waals surface area contributed by atoms with Gasteiger partial charge in [0.1, 0.15) is 4.90 Å². The summed E-state index contributed by atoms with van der Waals surface area (Å²) in [5.41, 5.74) is 2.13. The SMILES string of the molecule is O=C(Cc1cccc(Cl)c1)N/N=C/c1ccncc1OS(=O)(=O)c1ccc(C(F)(F)F)cc1. The van der Waals surface area contributed by atoms with E-state index in [-0.39, 0.29) is 17.7 Å². The van der Waals surface area contributed by atoms with Gasteiger partial charge in [0.05, 0.1) is 24.4 Å². The second-order valence-corrected chi connectivity index (χ2v) is 8.56. The maximum Gasteiger partial charge on any atom is 0.416 e. The molecule has 0 fully saturated rings. The lowest BCUT2D eigenvalue weighted by molar-refractivity contribution is -0.137. The summed E-state index contributed by atoms with van der Waals surface area (Å²) in [7, 11) is -4.45. The van der Waals surface area contributed by atoms with Gasteiger partial charge in [-0.2, -0.15) is 26.7 Å². The van der Waals surface area contributed by atoms with E-state index in [1.54, 1.807) is 24.3 Å². The number of nitrogens with zero attached hydrogens (tertiary/aromatic N) is 2. The number of carbonyl (C=O) groups excluding carboxylic acids is 1. The van der Waals surface area contributed by atoms with E-state index in [4.69, 9.17) is 15.8 Å². The minimum Gasteiger partial charge on any atom is -0.377 e. The third-order valence-corrected chi connectivity index (χ3v) is 5.62. The largest absolute Gasteiger partial charge is 0.416 e. The van der Waals surface area contributed by atoms with Crippen LogP contribution in [0.15, 0.2) is 77.0 Å². The molecule has 0 saturated carbocycles. The van der Waals surface area contributed by atoms with Crippen LogP contribution < -0.4 is 9.61 Å². The third-order valence-electron chi connectivity index (χ3n) is 4.13. The van der Waals surface area contributed by atoms with E-state index in [0.717, 1.165) is 24.5 Å². The lowest BCUT2D eigenvalue weighted by Gasteiger charge is -2.10. The first-order chi connectivity index (χ1) is 15.5. The van der Waals surface area contributed by atoms with Gasteiger partial charge in [-0.15, -0.1) is 0 Å². The Bertz CT molecular complexity index is 1280. The molecule has 0 saturated heterocycles. The molecule has 0 spiro atoms. The maximum atomic E-state index is 12.7. The lowest BCUT2D eigenvalue weighted by Crippen LogP contribution is -2.20. The zero-order valence-corrected chi connectivity index (χ0v) is 18.2. The Kier molecular flexibility index (Phi) is 7.34. The van der Waals surface area contributed by atoms with Crippen molar-refractivity contribution in [3.05, 3.63) is 88.7 Å². The molecular formula is C21H15ClF3N3O4S. The Morgan fingerprint density at radius 1 is 1.15 bits per heavy atom. The summed E-state index contributed by atoms with van der Waals surface area (Å²) in [6.45, 7) is 0. The highest BCUT2D eigenvalue weighted by atomic mass is 35.5. The zero-order chi connectivity index (χ0) is 24.1. The molecule has 1 N–H and O–H groups in total. The second-order valence-electron chi connectivity index (χ2n) is 6.57. The molecule has 0 radical (unpaired) electrons. The summed E-state index contributed by atoms with van der Waals surface area (Å²) in [5, 5.41) is 4.26. The van der Waals surface area contributed by atoms with Gasteiger partial charge >= 0.3 is 16.3 Å². The number of hydrogen-bond acceptors (Lipinski definition) is 6. The quantitative estimate of drug-likeness (QED) is 0.299. The number of nitrogens with one attached hydrogen (secondary N) is 1. The average Bonchev–Trinajstić information content (AvgIpc) is 2.74. The minimum absolute atomic E-state index is 0.0138. The van der Waals surface area contributed by atoms with Crippen LogP contribution in [0.1, 0.15) is 16.7 Å². The van der Waals surface area contributed by atoms with E-state index in [0.29, 0.717) is 22.7 Å². The van der Waals surface area contributed by atoms with Gasteiger partial charge in [0.2, 0.25) is 5.91 Å². The van der Waals surface area contributed by atoms with E-state index in [9.17, 15) is 26.4 Å². The van der Waals surface area contributed by atoms with Crippen LogP contribution in [0.25, 0.3) is 0 Å². The van der Waals surface area contributed by atoms with E-state index in [2.05, 4.69) is 15.5 Å². The van der Waals surface area contributed by atoms with Crippen LogP contribution in [0.3, 0.4) is 0 Å². The fraction of sp³-hybridized carbons (Fsp3) is 0.0952. The molecule has 0 aliphatic heterocycles. The van der Waals surface area contributed by atoms with Crippen molar-refractivity contribution >= 4 is 33.8 Å². The molecule has 12 heteroatoms. The summed E-state index contributed by atoms with van der Waals surface area (Å²) >= 11 is 5.87. The van der Waals surface area contributed by atoms with E-state index >= 15 is 0 Å². The van der Waals surface area contributed by atoms with Crippen molar-refractivity contribution in [3.63, 3.8) is 0 Å². The number of pyridine rings is 1. The van der Waals surface area contributed by atoms with Gasteiger partial charge in [0, 0.05) is 16.8 Å². The van der Waals surface area contributed by atoms with Gasteiger partial charge in [-0.3, -0.25) is 9.78 Å². The van der Waals surface area contributed by atoms with Crippen LogP contribution in [0.4, 0.5) is 13.2 Å². The normalized spacial score (nSPS) is 12.0. The van der Waals surface area contributed by atoms with Gasteiger partial charge in [-0.1, -0.05) is 23.7 Å². The van der Waals surface area contributed by atoms with Crippen LogP contribution in [-0.4, -0.2) is 25.5 Å². The predicted molar refractivity (Wildman–Crippen MR) is 114 cm³/mol. The summed E-state index contributed by atoms with van der Waals surface area (Å²) in [5.74, 6) is -0.673. The molecule has 3 rings (SSSR count). The van der Waals surface area contributed by atoms with Crippen LogP contribution in [0.5, 0.6) is 5.75 Å². The molecular weight excluding hydrogens is 483 g/mol. The van der Waals surface area contributed by atoms with Crippen molar-refractivity contribution < 1.29 is 30.6 Å². The first-order valence-corrected chi connectivity index (χ1v) is 11.0. The third kappa shape index (κ3) is 6.77. The number of hydrazone groups is 1. The summed E-state index contributed by atoms with van der Waals surface area (Å²) in [4.78, 5) is 15.3. The molecule has 1 heterocycles. The molecule has 0 aliphatic carbocycles. The molecule has 3 aromatic rings. The van der Waals surface area contributed by atoms with Crippen LogP contribution in [-0.2, 0) is 27.5 Å². The van der Waals surface area contributed by atoms with Gasteiger partial charge in [0.15, 0.2) is 5.75 Å². The number of amides is 1. The summed E-state index contributed by atoms with van der Waals surface area (Å²) in [6, 6.07) is 11.0. The van der Waals surface area contributed by atoms with Crippen molar-refractivity contribution in [3.8, 4) is 5.75 Å². The van der Waals surface area contributed by atoms with Crippen molar-refractivity contribution in [2.45, 2.75) is 17.5 Å². The molecule has 1 aromatic heterocycles. The smallest absolute Gasteiger partial charge is 0.377 e. The van der Waals surface area contributed by atoms with Crippen molar-refractivity contribution in [2.75, 3.05) is 0 Å². The second kappa shape index (κ2) is 10.0. The van der Waals surface area contributed by atoms with Crippen LogP contribution in [0, 0.1) is 0 Å². The first-order valence-electron chi connectivity index (χ1n) is 9.17. The molecule has 0 unspecified atom stereocenters. The molecule has 7 nitrogen and oxygen atoms in total. The number of aromatic nitrogens is 1. The maximum absolute atomic E-state index is 12.7. The van der Waals surface area contributed by atoms with Crippen molar-refractivity contribution in [1.29, 1.82) is 0 Å². The van der Waals surface area contributed by atoms with Crippen LogP contribution >= 0.6 is 11.6 Å². The van der Waals surface area contributed by atoms with Gasteiger partial charge in [-0.05, 0) is 48.0 Å². The molecule has 1 amide bonds. The highest BCUT2D eigenvalue weighted by Crippen LogP contribution is 2.30. The topological polar surface area (TPSA) is 97.7 Å². The van der Waals surface area contributed by atoms with Gasteiger partial charge in [-0.25, -0.2) is 5.43 Å². The number of halogens is 4. The Hall–Kier alpha value is -3.44. The highest BCUT2D eigenvalue weighted by molar-refractivity contribution is 7.87. The number of alkyl halides is 3. The lowest BCUT2D eigenvalue weighted by atomic mass is 10.1. The number of rotatable bonds is 7. The average molecular weight is 498 g/mol.